The van der Waals surface area contributed by atoms with Gasteiger partial charge in [-0.3, -0.25) is 4.48 Å². The van der Waals surface area contributed by atoms with Gasteiger partial charge in [0.05, 0.1) is 33.3 Å². The highest BCUT2D eigenvalue weighted by Crippen LogP contribution is 2.24. The molecule has 4 rings (SSSR count). The molecule has 0 radical (unpaired) electrons. The molecule has 0 N–H and O–H groups in total. The van der Waals surface area contributed by atoms with Crippen LogP contribution in [0.25, 0.3) is 10.9 Å². The minimum atomic E-state index is -0.230. The van der Waals surface area contributed by atoms with E-state index in [1.807, 2.05) is 42.5 Å². The van der Waals surface area contributed by atoms with Gasteiger partial charge in [0.1, 0.15) is 18.0 Å². The van der Waals surface area contributed by atoms with E-state index in [-0.39, 0.29) is 5.97 Å². The monoisotopic (exact) mass is 513 g/mol. The Morgan fingerprint density at radius 3 is 2.24 bits per heavy atom. The fraction of sp³-hybridized carbons (Fsp3) is 0.364. The van der Waals surface area contributed by atoms with Crippen LogP contribution in [0.3, 0.4) is 0 Å². The first-order valence-corrected chi connectivity index (χ1v) is 13.7. The number of hydrogen-bond acceptors (Lipinski definition) is 3. The van der Waals surface area contributed by atoms with Crippen LogP contribution in [0, 0.1) is 0 Å². The molecule has 0 saturated heterocycles. The summed E-state index contributed by atoms with van der Waals surface area (Å²) >= 11 is 0. The minimum absolute atomic E-state index is 0.230. The Kier molecular flexibility index (Phi) is 9.61. The van der Waals surface area contributed by atoms with E-state index in [0.29, 0.717) is 18.8 Å². The first kappa shape index (κ1) is 27.5. The van der Waals surface area contributed by atoms with Gasteiger partial charge in [0.2, 0.25) is 0 Å². The van der Waals surface area contributed by atoms with Crippen LogP contribution in [-0.4, -0.2) is 38.3 Å². The number of ether oxygens (including phenoxy) is 2. The third kappa shape index (κ3) is 7.96. The molecule has 0 amide bonds. The topological polar surface area (TPSA) is 40.5 Å². The summed E-state index contributed by atoms with van der Waals surface area (Å²) in [5.74, 6) is 0.675. The van der Waals surface area contributed by atoms with E-state index in [1.165, 1.54) is 35.7 Å². The highest BCUT2D eigenvalue weighted by molar-refractivity contribution is 5.89. The summed E-state index contributed by atoms with van der Waals surface area (Å²) in [7, 11) is 6.32. The standard InChI is InChI=1S/C33H41N2O3/c1-35(2,3)30-17-15-28(16-18-30)33(36)37-24-12-7-5-4-6-11-22-34-23-21-29-25-31(19-20-32(29)34)38-26-27-13-9-8-10-14-27/h8-10,13-21,23,25H,4-7,11-12,22,24,26H2,1-3H3/q+1. The Hall–Kier alpha value is -3.57. The Labute approximate surface area is 227 Å². The fourth-order valence-electron chi connectivity index (χ4n) is 4.59. The highest BCUT2D eigenvalue weighted by Gasteiger charge is 2.13. The molecular weight excluding hydrogens is 472 g/mol. The lowest BCUT2D eigenvalue weighted by atomic mass is 10.1. The summed E-state index contributed by atoms with van der Waals surface area (Å²) in [5.41, 5.74) is 4.21. The summed E-state index contributed by atoms with van der Waals surface area (Å²) in [6.45, 7) is 2.10. The van der Waals surface area contributed by atoms with Crippen molar-refractivity contribution < 1.29 is 14.3 Å². The predicted molar refractivity (Wildman–Crippen MR) is 157 cm³/mol. The molecule has 5 nitrogen and oxygen atoms in total. The van der Waals surface area contributed by atoms with E-state index < -0.39 is 0 Å². The number of quaternary nitrogens is 1. The molecule has 1 aromatic heterocycles. The van der Waals surface area contributed by atoms with Crippen LogP contribution in [0.5, 0.6) is 5.75 Å². The molecule has 0 atom stereocenters. The van der Waals surface area contributed by atoms with E-state index in [9.17, 15) is 4.79 Å². The Bertz CT molecular complexity index is 1290. The molecule has 0 spiro atoms. The summed E-state index contributed by atoms with van der Waals surface area (Å²) in [4.78, 5) is 12.3. The smallest absolute Gasteiger partial charge is 0.338 e. The zero-order chi connectivity index (χ0) is 26.8. The van der Waals surface area contributed by atoms with Crippen molar-refractivity contribution in [1.82, 2.24) is 9.05 Å². The lowest BCUT2D eigenvalue weighted by Crippen LogP contribution is -2.34. The Balaban J connectivity index is 1.08. The SMILES string of the molecule is C[N+](C)(C)c1ccc(C(=O)OCCCCCCCCn2ccc3cc(OCc4ccccc4)ccc32)cc1. The van der Waals surface area contributed by atoms with Gasteiger partial charge in [0.25, 0.3) is 0 Å². The molecule has 0 aliphatic rings. The van der Waals surface area contributed by atoms with Crippen LogP contribution in [0.2, 0.25) is 0 Å². The Morgan fingerprint density at radius 2 is 1.50 bits per heavy atom. The summed E-state index contributed by atoms with van der Waals surface area (Å²) < 4.78 is 14.5. The van der Waals surface area contributed by atoms with Gasteiger partial charge in [-0.25, -0.2) is 4.79 Å². The molecule has 38 heavy (non-hydrogen) atoms. The predicted octanol–water partition coefficient (Wildman–Crippen LogP) is 7.61. The van der Waals surface area contributed by atoms with E-state index in [1.54, 1.807) is 0 Å². The van der Waals surface area contributed by atoms with Crippen molar-refractivity contribution in [1.29, 1.82) is 0 Å². The maximum absolute atomic E-state index is 12.3. The number of unbranched alkanes of at least 4 members (excludes halogenated alkanes) is 5. The van der Waals surface area contributed by atoms with E-state index in [0.717, 1.165) is 41.7 Å². The maximum Gasteiger partial charge on any atom is 0.338 e. The maximum atomic E-state index is 12.3. The molecular formula is C33H41N2O3+. The molecule has 0 aliphatic carbocycles. The van der Waals surface area contributed by atoms with Crippen molar-refractivity contribution in [3.8, 4) is 5.75 Å². The third-order valence-electron chi connectivity index (χ3n) is 6.89. The number of nitrogens with zero attached hydrogens (tertiary/aromatic N) is 2. The normalized spacial score (nSPS) is 11.6. The quantitative estimate of drug-likeness (QED) is 0.0989. The van der Waals surface area contributed by atoms with Gasteiger partial charge in [-0.1, -0.05) is 56.0 Å². The van der Waals surface area contributed by atoms with Gasteiger partial charge in [-0.2, -0.15) is 0 Å². The molecule has 0 fully saturated rings. The van der Waals surface area contributed by atoms with Crippen LogP contribution in [0.1, 0.15) is 54.4 Å². The van der Waals surface area contributed by atoms with Crippen LogP contribution in [0.15, 0.2) is 85.1 Å². The average Bonchev–Trinajstić information content (AvgIpc) is 3.33. The van der Waals surface area contributed by atoms with Crippen LogP contribution in [0.4, 0.5) is 5.69 Å². The highest BCUT2D eigenvalue weighted by atomic mass is 16.5. The van der Waals surface area contributed by atoms with Crippen LogP contribution >= 0.6 is 0 Å². The first-order chi connectivity index (χ1) is 18.4. The summed E-state index contributed by atoms with van der Waals surface area (Å²) in [6, 6.07) is 26.5. The molecule has 0 unspecified atom stereocenters. The number of fused-ring (bicyclic) bond motifs is 1. The van der Waals surface area contributed by atoms with E-state index >= 15 is 0 Å². The van der Waals surface area contributed by atoms with Gasteiger partial charge in [-0.15, -0.1) is 0 Å². The van der Waals surface area contributed by atoms with Gasteiger partial charge in [0.15, 0.2) is 0 Å². The number of rotatable bonds is 14. The van der Waals surface area contributed by atoms with Gasteiger partial charge in [0, 0.05) is 23.6 Å². The van der Waals surface area contributed by atoms with Gasteiger partial charge in [-0.05, 0) is 66.9 Å². The molecule has 0 saturated carbocycles. The number of carbonyl (C=O) groups is 1. The van der Waals surface area contributed by atoms with E-state index in [4.69, 9.17) is 9.47 Å². The zero-order valence-corrected chi connectivity index (χ0v) is 23.1. The molecule has 5 heteroatoms. The molecule has 0 aliphatic heterocycles. The largest absolute Gasteiger partial charge is 0.489 e. The average molecular weight is 514 g/mol. The third-order valence-corrected chi connectivity index (χ3v) is 6.89. The number of carbonyl (C=O) groups excluding carboxylic acids is 1. The lowest BCUT2D eigenvalue weighted by Gasteiger charge is -2.23. The molecule has 3 aromatic carbocycles. The zero-order valence-electron chi connectivity index (χ0n) is 23.1. The summed E-state index contributed by atoms with van der Waals surface area (Å²) in [5, 5.41) is 1.22. The first-order valence-electron chi connectivity index (χ1n) is 13.7. The molecule has 1 heterocycles. The lowest BCUT2D eigenvalue weighted by molar-refractivity contribution is 0.0497. The van der Waals surface area contributed by atoms with Crippen LogP contribution in [-0.2, 0) is 17.9 Å². The number of benzene rings is 3. The van der Waals surface area contributed by atoms with Crippen molar-refractivity contribution in [2.75, 3.05) is 27.7 Å². The van der Waals surface area contributed by atoms with Crippen molar-refractivity contribution in [3.63, 3.8) is 0 Å². The second-order valence-corrected chi connectivity index (χ2v) is 10.8. The van der Waals surface area contributed by atoms with Crippen molar-refractivity contribution in [3.05, 3.63) is 96.2 Å². The Morgan fingerprint density at radius 1 is 0.789 bits per heavy atom. The second-order valence-electron chi connectivity index (χ2n) is 10.8. The number of aryl methyl sites for hydroxylation is 1. The van der Waals surface area contributed by atoms with Crippen molar-refractivity contribution >= 4 is 22.6 Å². The van der Waals surface area contributed by atoms with E-state index in [2.05, 4.69) is 68.3 Å². The number of hydrogen-bond donors (Lipinski definition) is 0. The van der Waals surface area contributed by atoms with Crippen LogP contribution < -0.4 is 9.22 Å². The number of aromatic nitrogens is 1. The van der Waals surface area contributed by atoms with Gasteiger partial charge < -0.3 is 14.0 Å². The molecule has 0 bridgehead atoms. The fourth-order valence-corrected chi connectivity index (χ4v) is 4.59. The molecule has 4 aromatic rings. The minimum Gasteiger partial charge on any atom is -0.489 e. The summed E-state index contributed by atoms with van der Waals surface area (Å²) in [6.07, 6.45) is 8.92. The van der Waals surface area contributed by atoms with Crippen molar-refractivity contribution in [2.45, 2.75) is 51.7 Å². The molecule has 200 valence electrons. The van der Waals surface area contributed by atoms with Gasteiger partial charge >= 0.3 is 5.97 Å². The number of esters is 1. The second kappa shape index (κ2) is 13.3. The van der Waals surface area contributed by atoms with Crippen molar-refractivity contribution in [2.24, 2.45) is 0 Å².